The molecule has 2 rings (SSSR count). The second kappa shape index (κ2) is 9.12. The Morgan fingerprint density at radius 2 is 1.75 bits per heavy atom. The van der Waals surface area contributed by atoms with Crippen LogP contribution in [0.2, 0.25) is 0 Å². The van der Waals surface area contributed by atoms with Crippen molar-refractivity contribution >= 4 is 29.2 Å². The molecule has 0 aliphatic carbocycles. The Morgan fingerprint density at radius 3 is 2.32 bits per heavy atom. The molecular weight excluding hydrogens is 372 g/mol. The average Bonchev–Trinajstić information content (AvgIpc) is 2.66. The van der Waals surface area contributed by atoms with E-state index in [1.54, 1.807) is 6.92 Å². The minimum Gasteiger partial charge on any atom is -0.478 e. The summed E-state index contributed by atoms with van der Waals surface area (Å²) in [5, 5.41) is 22.5. The number of nitrogens with one attached hydrogen (secondary N) is 1. The molecule has 146 valence electrons. The van der Waals surface area contributed by atoms with Crippen molar-refractivity contribution < 1.29 is 33.9 Å². The molecule has 2 N–H and O–H groups in total. The summed E-state index contributed by atoms with van der Waals surface area (Å²) < 4.78 is 9.99. The van der Waals surface area contributed by atoms with Gasteiger partial charge in [0, 0.05) is 11.8 Å². The molecule has 10 nitrogen and oxygen atoms in total. The molecule has 0 aliphatic rings. The second-order valence-electron chi connectivity index (χ2n) is 5.38. The maximum absolute atomic E-state index is 12.0. The number of benzene rings is 2. The van der Waals surface area contributed by atoms with E-state index in [9.17, 15) is 24.5 Å². The topological polar surface area (TPSA) is 145 Å². The van der Waals surface area contributed by atoms with Crippen molar-refractivity contribution in [2.24, 2.45) is 0 Å². The van der Waals surface area contributed by atoms with Gasteiger partial charge in [-0.25, -0.2) is 9.59 Å². The van der Waals surface area contributed by atoms with Crippen molar-refractivity contribution in [3.05, 3.63) is 63.7 Å². The lowest BCUT2D eigenvalue weighted by Crippen LogP contribution is -2.20. The van der Waals surface area contributed by atoms with E-state index in [1.807, 2.05) is 0 Å². The van der Waals surface area contributed by atoms with Crippen molar-refractivity contribution in [2.75, 3.05) is 18.5 Å². The summed E-state index contributed by atoms with van der Waals surface area (Å²) >= 11 is 0. The smallest absolute Gasteiger partial charge is 0.338 e. The maximum atomic E-state index is 12.0. The monoisotopic (exact) mass is 388 g/mol. The molecule has 10 heteroatoms. The third-order valence-corrected chi connectivity index (χ3v) is 3.44. The number of carbonyl (C=O) groups excluding carboxylic acids is 2. The molecule has 0 radical (unpaired) electrons. The third kappa shape index (κ3) is 5.27. The first-order chi connectivity index (χ1) is 13.3. The van der Waals surface area contributed by atoms with Gasteiger partial charge >= 0.3 is 17.6 Å². The van der Waals surface area contributed by atoms with Crippen molar-refractivity contribution in [2.45, 2.75) is 6.92 Å². The summed E-state index contributed by atoms with van der Waals surface area (Å²) in [5.41, 5.74) is -0.126. The summed E-state index contributed by atoms with van der Waals surface area (Å²) in [4.78, 5) is 44.7. The number of hydrogen-bond acceptors (Lipinski definition) is 7. The molecule has 0 atom stereocenters. The normalized spacial score (nSPS) is 10.0. The molecule has 0 bridgehead atoms. The van der Waals surface area contributed by atoms with Crippen LogP contribution in [0.3, 0.4) is 0 Å². The summed E-state index contributed by atoms with van der Waals surface area (Å²) in [5.74, 6) is -2.64. The number of nitro groups is 1. The lowest BCUT2D eigenvalue weighted by Gasteiger charge is -2.09. The largest absolute Gasteiger partial charge is 0.478 e. The summed E-state index contributed by atoms with van der Waals surface area (Å²) in [6, 6.07) is 9.04. The zero-order chi connectivity index (χ0) is 20.7. The van der Waals surface area contributed by atoms with E-state index in [0.717, 1.165) is 18.2 Å². The van der Waals surface area contributed by atoms with Gasteiger partial charge in [-0.3, -0.25) is 14.9 Å². The summed E-state index contributed by atoms with van der Waals surface area (Å²) in [7, 11) is 0. The molecule has 28 heavy (non-hydrogen) atoms. The Bertz CT molecular complexity index is 908. The molecule has 0 saturated heterocycles. The van der Waals surface area contributed by atoms with Crippen molar-refractivity contribution in [3.63, 3.8) is 0 Å². The van der Waals surface area contributed by atoms with Gasteiger partial charge in [0.15, 0.2) is 12.4 Å². The third-order valence-electron chi connectivity index (χ3n) is 3.44. The Kier molecular flexibility index (Phi) is 6.63. The van der Waals surface area contributed by atoms with Crippen LogP contribution in [0.1, 0.15) is 27.6 Å². The Balaban J connectivity index is 2.00. The van der Waals surface area contributed by atoms with E-state index in [4.69, 9.17) is 14.6 Å². The number of carbonyl (C=O) groups is 3. The fourth-order valence-corrected chi connectivity index (χ4v) is 2.16. The zero-order valence-corrected chi connectivity index (χ0v) is 14.7. The van der Waals surface area contributed by atoms with Crippen LogP contribution in [0.4, 0.5) is 11.4 Å². The van der Waals surface area contributed by atoms with E-state index in [1.165, 1.54) is 24.3 Å². The van der Waals surface area contributed by atoms with Crippen LogP contribution < -0.4 is 10.1 Å². The van der Waals surface area contributed by atoms with E-state index < -0.39 is 35.1 Å². The van der Waals surface area contributed by atoms with Crippen molar-refractivity contribution in [1.29, 1.82) is 0 Å². The lowest BCUT2D eigenvalue weighted by atomic mass is 10.2. The first kappa shape index (κ1) is 20.4. The SMILES string of the molecule is CCOC(=O)c1ccc(NC(=O)COc2ccc(C(=O)O)cc2[N+](=O)[O-])cc1. The number of nitro benzene ring substituents is 1. The van der Waals surface area contributed by atoms with Crippen molar-refractivity contribution in [1.82, 2.24) is 0 Å². The number of anilines is 1. The number of carboxylic acid groups (broad SMARTS) is 1. The Labute approximate surface area is 158 Å². The van der Waals surface area contributed by atoms with Crippen LogP contribution in [0.25, 0.3) is 0 Å². The summed E-state index contributed by atoms with van der Waals surface area (Å²) in [6.07, 6.45) is 0. The number of nitrogens with zero attached hydrogens (tertiary/aromatic N) is 1. The zero-order valence-electron chi connectivity index (χ0n) is 14.7. The first-order valence-electron chi connectivity index (χ1n) is 8.03. The fraction of sp³-hybridized carbons (Fsp3) is 0.167. The van der Waals surface area contributed by atoms with E-state index >= 15 is 0 Å². The Hall–Kier alpha value is -3.95. The molecular formula is C18H16N2O8. The minimum atomic E-state index is -1.32. The molecule has 0 aromatic heterocycles. The highest BCUT2D eigenvalue weighted by Crippen LogP contribution is 2.28. The molecule has 2 aromatic carbocycles. The van der Waals surface area contributed by atoms with Crippen LogP contribution in [0, 0.1) is 10.1 Å². The molecule has 1 amide bonds. The molecule has 0 unspecified atom stereocenters. The second-order valence-corrected chi connectivity index (χ2v) is 5.38. The number of esters is 1. The average molecular weight is 388 g/mol. The van der Waals surface area contributed by atoms with Gasteiger partial charge in [0.2, 0.25) is 0 Å². The highest BCUT2D eigenvalue weighted by atomic mass is 16.6. The first-order valence-corrected chi connectivity index (χ1v) is 8.03. The van der Waals surface area contributed by atoms with E-state index in [2.05, 4.69) is 5.32 Å². The fourth-order valence-electron chi connectivity index (χ4n) is 2.16. The van der Waals surface area contributed by atoms with Gasteiger partial charge in [0.25, 0.3) is 5.91 Å². The predicted molar refractivity (Wildman–Crippen MR) is 96.6 cm³/mol. The van der Waals surface area contributed by atoms with Gasteiger partial charge in [-0.05, 0) is 43.3 Å². The number of rotatable bonds is 8. The number of amides is 1. The quantitative estimate of drug-likeness (QED) is 0.398. The molecule has 0 aliphatic heterocycles. The lowest BCUT2D eigenvalue weighted by molar-refractivity contribution is -0.385. The standard InChI is InChI=1S/C18H16N2O8/c1-2-27-18(24)11-3-6-13(7-4-11)19-16(21)10-28-15-8-5-12(17(22)23)9-14(15)20(25)26/h3-9H,2,10H2,1H3,(H,19,21)(H,22,23). The minimum absolute atomic E-state index is 0.234. The highest BCUT2D eigenvalue weighted by Gasteiger charge is 2.19. The number of ether oxygens (including phenoxy) is 2. The van der Waals surface area contributed by atoms with Gasteiger partial charge in [0.1, 0.15) is 0 Å². The molecule has 2 aromatic rings. The van der Waals surface area contributed by atoms with Crippen molar-refractivity contribution in [3.8, 4) is 5.75 Å². The number of hydrogen-bond donors (Lipinski definition) is 2. The predicted octanol–water partition coefficient (Wildman–Crippen LogP) is 2.49. The molecule has 0 saturated carbocycles. The van der Waals surface area contributed by atoms with Crippen LogP contribution in [0.15, 0.2) is 42.5 Å². The van der Waals surface area contributed by atoms with E-state index in [-0.39, 0.29) is 17.9 Å². The molecule has 0 spiro atoms. The molecule has 0 fully saturated rings. The van der Waals surface area contributed by atoms with Crippen LogP contribution in [0.5, 0.6) is 5.75 Å². The maximum Gasteiger partial charge on any atom is 0.338 e. The van der Waals surface area contributed by atoms with Gasteiger partial charge in [-0.15, -0.1) is 0 Å². The highest BCUT2D eigenvalue weighted by molar-refractivity contribution is 5.94. The van der Waals surface area contributed by atoms with Gasteiger partial charge in [0.05, 0.1) is 22.7 Å². The van der Waals surface area contributed by atoms with E-state index in [0.29, 0.717) is 11.3 Å². The number of aromatic carboxylic acids is 1. The van der Waals surface area contributed by atoms with Crippen LogP contribution in [-0.4, -0.2) is 41.1 Å². The Morgan fingerprint density at radius 1 is 1.11 bits per heavy atom. The summed E-state index contributed by atoms with van der Waals surface area (Å²) in [6.45, 7) is 1.40. The van der Waals surface area contributed by atoms with Crippen LogP contribution in [-0.2, 0) is 9.53 Å². The van der Waals surface area contributed by atoms with Gasteiger partial charge in [-0.2, -0.15) is 0 Å². The van der Waals surface area contributed by atoms with Gasteiger partial charge < -0.3 is 19.9 Å². The van der Waals surface area contributed by atoms with Gasteiger partial charge in [-0.1, -0.05) is 0 Å². The number of carboxylic acids is 1. The molecule has 0 heterocycles. The van der Waals surface area contributed by atoms with Crippen LogP contribution >= 0.6 is 0 Å².